The van der Waals surface area contributed by atoms with Crippen LogP contribution in [0.4, 0.5) is 5.69 Å². The van der Waals surface area contributed by atoms with Crippen molar-refractivity contribution in [3.8, 4) is 11.1 Å². The summed E-state index contributed by atoms with van der Waals surface area (Å²) in [7, 11) is 0. The highest BCUT2D eigenvalue weighted by atomic mass is 15.1. The molecule has 2 aromatic rings. The number of anilines is 1. The van der Waals surface area contributed by atoms with Crippen LogP contribution < -0.4 is 4.90 Å². The quantitative estimate of drug-likeness (QED) is 0.499. The van der Waals surface area contributed by atoms with E-state index in [0.29, 0.717) is 0 Å². The number of benzene rings is 2. The first kappa shape index (κ1) is 18.6. The summed E-state index contributed by atoms with van der Waals surface area (Å²) in [6, 6.07) is 16.6. The van der Waals surface area contributed by atoms with Gasteiger partial charge in [-0.25, -0.2) is 0 Å². The molecule has 2 aromatic carbocycles. The van der Waals surface area contributed by atoms with Gasteiger partial charge in [0.05, 0.1) is 0 Å². The summed E-state index contributed by atoms with van der Waals surface area (Å²) in [4.78, 5) is 2.62. The summed E-state index contributed by atoms with van der Waals surface area (Å²) in [6.45, 7) is 7.12. The van der Waals surface area contributed by atoms with E-state index >= 15 is 0 Å². The molecular weight excluding hydrogens is 326 g/mol. The molecule has 0 radical (unpaired) electrons. The van der Waals surface area contributed by atoms with Crippen LogP contribution in [0.3, 0.4) is 0 Å². The molecule has 4 rings (SSSR count). The Kier molecular flexibility index (Phi) is 5.57. The molecule has 1 heterocycles. The van der Waals surface area contributed by atoms with Crippen LogP contribution in [0.1, 0.15) is 82.8 Å². The number of hydrogen-bond acceptors (Lipinski definition) is 1. The van der Waals surface area contributed by atoms with Crippen molar-refractivity contribution in [2.75, 3.05) is 18.0 Å². The van der Waals surface area contributed by atoms with Crippen LogP contribution in [0, 0.1) is 0 Å². The predicted molar refractivity (Wildman–Crippen MR) is 118 cm³/mol. The highest BCUT2D eigenvalue weighted by molar-refractivity contribution is 5.82. The van der Waals surface area contributed by atoms with Crippen molar-refractivity contribution in [3.05, 3.63) is 53.6 Å². The van der Waals surface area contributed by atoms with E-state index in [2.05, 4.69) is 61.2 Å². The second kappa shape index (κ2) is 8.09. The van der Waals surface area contributed by atoms with Gasteiger partial charge in [0.25, 0.3) is 0 Å². The lowest BCUT2D eigenvalue weighted by Gasteiger charge is -2.34. The van der Waals surface area contributed by atoms with Crippen molar-refractivity contribution < 1.29 is 0 Å². The van der Waals surface area contributed by atoms with Gasteiger partial charge >= 0.3 is 0 Å². The third-order valence-electron chi connectivity index (χ3n) is 6.89. The minimum absolute atomic E-state index is 0.226. The lowest BCUT2D eigenvalue weighted by Crippen LogP contribution is -2.30. The molecular formula is C26H35N. The minimum Gasteiger partial charge on any atom is -0.372 e. The van der Waals surface area contributed by atoms with Crippen LogP contribution >= 0.6 is 0 Å². The summed E-state index contributed by atoms with van der Waals surface area (Å²) >= 11 is 0. The monoisotopic (exact) mass is 361 g/mol. The SMILES string of the molecule is CCCCC1(CCCC)c2ccccc2-c2ccc(N3CCCCC3)cc21. The summed E-state index contributed by atoms with van der Waals surface area (Å²) in [5, 5.41) is 0. The van der Waals surface area contributed by atoms with E-state index in [1.807, 2.05) is 0 Å². The van der Waals surface area contributed by atoms with Crippen molar-refractivity contribution in [1.29, 1.82) is 0 Å². The first-order valence-corrected chi connectivity index (χ1v) is 11.3. The molecule has 0 spiro atoms. The van der Waals surface area contributed by atoms with Crippen LogP contribution in [0.25, 0.3) is 11.1 Å². The lowest BCUT2D eigenvalue weighted by molar-refractivity contribution is 0.414. The topological polar surface area (TPSA) is 3.24 Å². The smallest absolute Gasteiger partial charge is 0.0369 e. The average molecular weight is 362 g/mol. The van der Waals surface area contributed by atoms with E-state index in [9.17, 15) is 0 Å². The summed E-state index contributed by atoms with van der Waals surface area (Å²) in [6.07, 6.45) is 11.8. The van der Waals surface area contributed by atoms with Gasteiger partial charge in [-0.1, -0.05) is 69.9 Å². The summed E-state index contributed by atoms with van der Waals surface area (Å²) in [5.41, 5.74) is 7.89. The van der Waals surface area contributed by atoms with Crippen LogP contribution in [0.2, 0.25) is 0 Å². The maximum atomic E-state index is 2.62. The van der Waals surface area contributed by atoms with Crippen LogP contribution in [0.5, 0.6) is 0 Å². The van der Waals surface area contributed by atoms with Gasteiger partial charge < -0.3 is 4.90 Å². The summed E-state index contributed by atoms with van der Waals surface area (Å²) < 4.78 is 0. The van der Waals surface area contributed by atoms with Crippen molar-refractivity contribution in [2.45, 2.75) is 77.0 Å². The molecule has 0 aromatic heterocycles. The molecule has 2 aliphatic rings. The Morgan fingerprint density at radius 1 is 0.778 bits per heavy atom. The third kappa shape index (κ3) is 3.30. The number of hydrogen-bond donors (Lipinski definition) is 0. The van der Waals surface area contributed by atoms with E-state index in [-0.39, 0.29) is 5.41 Å². The van der Waals surface area contributed by atoms with Gasteiger partial charge in [-0.15, -0.1) is 0 Å². The first-order valence-electron chi connectivity index (χ1n) is 11.3. The van der Waals surface area contributed by atoms with Gasteiger partial charge in [-0.05, 0) is 66.5 Å². The zero-order valence-electron chi connectivity index (χ0n) is 17.3. The van der Waals surface area contributed by atoms with Gasteiger partial charge in [0.2, 0.25) is 0 Å². The van der Waals surface area contributed by atoms with E-state index in [0.717, 1.165) is 0 Å². The van der Waals surface area contributed by atoms with Crippen LogP contribution in [-0.4, -0.2) is 13.1 Å². The Bertz CT molecular complexity index is 762. The molecule has 1 aliphatic carbocycles. The molecule has 144 valence electrons. The van der Waals surface area contributed by atoms with Crippen LogP contribution in [-0.2, 0) is 5.41 Å². The molecule has 0 saturated carbocycles. The van der Waals surface area contributed by atoms with E-state index in [4.69, 9.17) is 0 Å². The molecule has 1 heteroatoms. The fraction of sp³-hybridized carbons (Fsp3) is 0.538. The molecule has 0 atom stereocenters. The van der Waals surface area contributed by atoms with Gasteiger partial charge in [0.1, 0.15) is 0 Å². The van der Waals surface area contributed by atoms with Gasteiger partial charge in [-0.2, -0.15) is 0 Å². The zero-order valence-corrected chi connectivity index (χ0v) is 17.3. The molecule has 1 fully saturated rings. The zero-order chi connectivity index (χ0) is 18.7. The fourth-order valence-corrected chi connectivity index (χ4v) is 5.41. The molecule has 0 amide bonds. The highest BCUT2D eigenvalue weighted by Gasteiger charge is 2.42. The average Bonchev–Trinajstić information content (AvgIpc) is 3.01. The predicted octanol–water partition coefficient (Wildman–Crippen LogP) is 7.32. The van der Waals surface area contributed by atoms with Crippen molar-refractivity contribution in [1.82, 2.24) is 0 Å². The Balaban J connectivity index is 1.82. The Hall–Kier alpha value is -1.76. The number of fused-ring (bicyclic) bond motifs is 3. The van der Waals surface area contributed by atoms with E-state index in [1.165, 1.54) is 87.7 Å². The van der Waals surface area contributed by atoms with E-state index in [1.54, 1.807) is 11.1 Å². The largest absolute Gasteiger partial charge is 0.372 e. The van der Waals surface area contributed by atoms with E-state index < -0.39 is 0 Å². The standard InChI is InChI=1S/C26H35N/c1-3-5-16-26(17-6-4-2)24-13-9-8-12-22(24)23-15-14-21(20-25(23)26)27-18-10-7-11-19-27/h8-9,12-15,20H,3-7,10-11,16-19H2,1-2H3. The molecule has 0 N–H and O–H groups in total. The number of rotatable bonds is 7. The maximum Gasteiger partial charge on any atom is 0.0369 e. The summed E-state index contributed by atoms with van der Waals surface area (Å²) in [5.74, 6) is 0. The van der Waals surface area contributed by atoms with Gasteiger partial charge in [0.15, 0.2) is 0 Å². The first-order chi connectivity index (χ1) is 13.3. The molecule has 27 heavy (non-hydrogen) atoms. The molecule has 1 aliphatic heterocycles. The Labute approximate surface area is 165 Å². The normalized spacial score (nSPS) is 17.6. The minimum atomic E-state index is 0.226. The molecule has 0 bridgehead atoms. The maximum absolute atomic E-state index is 2.62. The van der Waals surface area contributed by atoms with Crippen molar-refractivity contribution >= 4 is 5.69 Å². The second-order valence-corrected chi connectivity index (χ2v) is 8.61. The highest BCUT2D eigenvalue weighted by Crippen LogP contribution is 2.54. The molecule has 0 unspecified atom stereocenters. The lowest BCUT2D eigenvalue weighted by atomic mass is 9.71. The number of piperidine rings is 1. The molecule has 1 saturated heterocycles. The van der Waals surface area contributed by atoms with Gasteiger partial charge in [0, 0.05) is 24.2 Å². The second-order valence-electron chi connectivity index (χ2n) is 8.61. The van der Waals surface area contributed by atoms with Crippen LogP contribution in [0.15, 0.2) is 42.5 Å². The number of unbranched alkanes of at least 4 members (excludes halogenated alkanes) is 2. The van der Waals surface area contributed by atoms with Gasteiger partial charge in [-0.3, -0.25) is 0 Å². The Morgan fingerprint density at radius 2 is 1.44 bits per heavy atom. The fourth-order valence-electron chi connectivity index (χ4n) is 5.41. The van der Waals surface area contributed by atoms with Crippen molar-refractivity contribution in [3.63, 3.8) is 0 Å². The molecule has 1 nitrogen and oxygen atoms in total. The Morgan fingerprint density at radius 3 is 2.15 bits per heavy atom. The third-order valence-corrected chi connectivity index (χ3v) is 6.89. The van der Waals surface area contributed by atoms with Crippen molar-refractivity contribution in [2.24, 2.45) is 0 Å². The number of nitrogens with zero attached hydrogens (tertiary/aromatic N) is 1.